The number of para-hydroxylation sites is 1. The predicted octanol–water partition coefficient (Wildman–Crippen LogP) is 8.10. The van der Waals surface area contributed by atoms with Gasteiger partial charge in [-0.05, 0) is 55.0 Å². The first-order valence-electron chi connectivity index (χ1n) is 11.5. The van der Waals surface area contributed by atoms with Crippen LogP contribution in [0.15, 0.2) is 72.8 Å². The molecule has 0 saturated carbocycles. The van der Waals surface area contributed by atoms with Gasteiger partial charge in [0.1, 0.15) is 10.8 Å². The van der Waals surface area contributed by atoms with Crippen LogP contribution in [0.2, 0.25) is 0 Å². The molecular weight excluding hydrogens is 410 g/mol. The Morgan fingerprint density at radius 3 is 2.12 bits per heavy atom. The Morgan fingerprint density at radius 2 is 1.41 bits per heavy atom. The van der Waals surface area contributed by atoms with Crippen LogP contribution in [0, 0.1) is 11.8 Å². The van der Waals surface area contributed by atoms with Crippen molar-refractivity contribution in [1.82, 2.24) is 4.98 Å². The van der Waals surface area contributed by atoms with Crippen LogP contribution in [0.5, 0.6) is 5.75 Å². The second-order valence-corrected chi connectivity index (χ2v) is 8.99. The third kappa shape index (κ3) is 6.22. The molecule has 0 aliphatic rings. The first-order valence-corrected chi connectivity index (χ1v) is 12.3. The van der Waals surface area contributed by atoms with Crippen molar-refractivity contribution in [3.63, 3.8) is 0 Å². The maximum Gasteiger partial charge on any atom is 0.124 e. The first kappa shape index (κ1) is 22.1. The van der Waals surface area contributed by atoms with E-state index in [4.69, 9.17) is 9.72 Å². The molecule has 0 unspecified atom stereocenters. The maximum absolute atomic E-state index is 5.85. The van der Waals surface area contributed by atoms with E-state index in [2.05, 4.69) is 61.2 Å². The number of benzene rings is 3. The fraction of sp³-hybridized carbons (Fsp3) is 0.276. The number of aromatic nitrogens is 1. The van der Waals surface area contributed by atoms with Gasteiger partial charge in [0.15, 0.2) is 0 Å². The summed E-state index contributed by atoms with van der Waals surface area (Å²) >= 11 is 1.72. The van der Waals surface area contributed by atoms with Crippen molar-refractivity contribution in [3.05, 3.63) is 83.9 Å². The molecule has 2 nitrogen and oxygen atoms in total. The zero-order valence-corrected chi connectivity index (χ0v) is 19.5. The summed E-state index contributed by atoms with van der Waals surface area (Å²) in [6.07, 6.45) is 7.67. The van der Waals surface area contributed by atoms with Gasteiger partial charge in [-0.15, -0.1) is 11.3 Å². The topological polar surface area (TPSA) is 22.1 Å². The maximum atomic E-state index is 5.85. The minimum absolute atomic E-state index is 0.790. The van der Waals surface area contributed by atoms with Gasteiger partial charge in [0.25, 0.3) is 0 Å². The molecular formula is C29H29NOS. The Labute approximate surface area is 195 Å². The van der Waals surface area contributed by atoms with Gasteiger partial charge >= 0.3 is 0 Å². The third-order valence-electron chi connectivity index (χ3n) is 5.40. The Hall–Kier alpha value is -3.09. The third-order valence-corrected chi connectivity index (χ3v) is 6.48. The average molecular weight is 440 g/mol. The summed E-state index contributed by atoms with van der Waals surface area (Å²) in [6, 6.07) is 24.6. The minimum atomic E-state index is 0.790. The van der Waals surface area contributed by atoms with Gasteiger partial charge < -0.3 is 4.74 Å². The van der Waals surface area contributed by atoms with Gasteiger partial charge in [-0.2, -0.15) is 0 Å². The lowest BCUT2D eigenvalue weighted by Crippen LogP contribution is -1.97. The van der Waals surface area contributed by atoms with Gasteiger partial charge in [-0.25, -0.2) is 4.98 Å². The number of fused-ring (bicyclic) bond motifs is 1. The molecule has 0 N–H and O–H groups in total. The summed E-state index contributed by atoms with van der Waals surface area (Å²) in [6.45, 7) is 3.04. The molecule has 0 amide bonds. The highest BCUT2D eigenvalue weighted by atomic mass is 32.1. The van der Waals surface area contributed by atoms with Crippen LogP contribution in [0.3, 0.4) is 0 Å². The second-order valence-electron chi connectivity index (χ2n) is 7.95. The number of nitrogens with zero attached hydrogens (tertiary/aromatic N) is 1. The van der Waals surface area contributed by atoms with E-state index in [1.54, 1.807) is 11.3 Å². The summed E-state index contributed by atoms with van der Waals surface area (Å²) in [5, 5.41) is 1.04. The quantitative estimate of drug-likeness (QED) is 0.194. The molecule has 0 radical (unpaired) electrons. The molecule has 0 fully saturated rings. The number of hydrogen-bond donors (Lipinski definition) is 0. The van der Waals surface area contributed by atoms with Crippen molar-refractivity contribution in [1.29, 1.82) is 0 Å². The minimum Gasteiger partial charge on any atom is -0.494 e. The summed E-state index contributed by atoms with van der Waals surface area (Å²) in [5.74, 6) is 7.42. The van der Waals surface area contributed by atoms with Crippen LogP contribution in [-0.4, -0.2) is 11.6 Å². The van der Waals surface area contributed by atoms with Crippen LogP contribution in [-0.2, 0) is 0 Å². The summed E-state index contributed by atoms with van der Waals surface area (Å²) in [7, 11) is 0. The number of unbranched alkanes of at least 4 members (excludes halogenated alkanes) is 5. The van der Waals surface area contributed by atoms with Crippen LogP contribution in [0.4, 0.5) is 0 Å². The van der Waals surface area contributed by atoms with Crippen molar-refractivity contribution in [2.24, 2.45) is 0 Å². The van der Waals surface area contributed by atoms with E-state index in [9.17, 15) is 0 Å². The average Bonchev–Trinajstić information content (AvgIpc) is 3.28. The van der Waals surface area contributed by atoms with E-state index in [-0.39, 0.29) is 0 Å². The van der Waals surface area contributed by atoms with Gasteiger partial charge in [-0.3, -0.25) is 0 Å². The van der Waals surface area contributed by atoms with E-state index in [0.717, 1.165) is 46.0 Å². The van der Waals surface area contributed by atoms with Crippen molar-refractivity contribution < 1.29 is 4.74 Å². The van der Waals surface area contributed by atoms with Crippen molar-refractivity contribution in [3.8, 4) is 28.2 Å². The molecule has 1 heterocycles. The molecule has 162 valence electrons. The van der Waals surface area contributed by atoms with Gasteiger partial charge in [0.05, 0.1) is 16.8 Å². The van der Waals surface area contributed by atoms with Crippen molar-refractivity contribution in [2.75, 3.05) is 6.61 Å². The summed E-state index contributed by atoms with van der Waals surface area (Å²) < 4.78 is 7.07. The number of hydrogen-bond acceptors (Lipinski definition) is 3. The predicted molar refractivity (Wildman–Crippen MR) is 136 cm³/mol. The fourth-order valence-electron chi connectivity index (χ4n) is 3.54. The molecule has 1 aromatic heterocycles. The summed E-state index contributed by atoms with van der Waals surface area (Å²) in [5.41, 5.74) is 4.17. The standard InChI is InChI=1S/C29H29NOS/c1-2-3-4-5-6-9-22-31-26-20-16-24(17-21-26)13-12-23-14-18-25(19-15-23)29-30-27-10-7-8-11-28(27)32-29/h7-8,10-11,14-21H,2-6,9,22H2,1H3. The zero-order valence-electron chi connectivity index (χ0n) is 18.6. The molecule has 0 saturated heterocycles. The number of rotatable bonds is 9. The molecule has 3 heteroatoms. The molecule has 4 aromatic rings. The second kappa shape index (κ2) is 11.5. The van der Waals surface area contributed by atoms with Gasteiger partial charge in [0.2, 0.25) is 0 Å². The Bertz CT molecular complexity index is 1150. The van der Waals surface area contributed by atoms with Crippen LogP contribution in [0.25, 0.3) is 20.8 Å². The number of ether oxygens (including phenoxy) is 1. The van der Waals surface area contributed by atoms with E-state index in [1.165, 1.54) is 36.8 Å². The van der Waals surface area contributed by atoms with E-state index >= 15 is 0 Å². The molecule has 4 rings (SSSR count). The normalized spacial score (nSPS) is 10.7. The Balaban J connectivity index is 1.29. The highest BCUT2D eigenvalue weighted by Gasteiger charge is 2.05. The van der Waals surface area contributed by atoms with Gasteiger partial charge in [-0.1, -0.05) is 75.1 Å². The lowest BCUT2D eigenvalue weighted by atomic mass is 10.1. The van der Waals surface area contributed by atoms with E-state index in [0.29, 0.717) is 0 Å². The SMILES string of the molecule is CCCCCCCCOc1ccc(C#Cc2ccc(-c3nc4ccccc4s3)cc2)cc1. The molecule has 3 aromatic carbocycles. The molecule has 0 atom stereocenters. The molecule has 0 bridgehead atoms. The van der Waals surface area contributed by atoms with E-state index < -0.39 is 0 Å². The Morgan fingerprint density at radius 1 is 0.750 bits per heavy atom. The summed E-state index contributed by atoms with van der Waals surface area (Å²) in [4.78, 5) is 4.73. The first-order chi connectivity index (χ1) is 15.8. The van der Waals surface area contributed by atoms with Crippen LogP contribution >= 0.6 is 11.3 Å². The zero-order chi connectivity index (χ0) is 22.0. The molecule has 0 aliphatic heterocycles. The molecule has 0 spiro atoms. The Kier molecular flexibility index (Phi) is 7.95. The monoisotopic (exact) mass is 439 g/mol. The largest absolute Gasteiger partial charge is 0.494 e. The fourth-order valence-corrected chi connectivity index (χ4v) is 4.51. The van der Waals surface area contributed by atoms with Crippen molar-refractivity contribution in [2.45, 2.75) is 45.4 Å². The lowest BCUT2D eigenvalue weighted by molar-refractivity contribution is 0.304. The van der Waals surface area contributed by atoms with Crippen molar-refractivity contribution >= 4 is 21.6 Å². The van der Waals surface area contributed by atoms with E-state index in [1.807, 2.05) is 30.3 Å². The number of thiazole rings is 1. The molecule has 32 heavy (non-hydrogen) atoms. The lowest BCUT2D eigenvalue weighted by Gasteiger charge is -2.06. The van der Waals surface area contributed by atoms with Crippen LogP contribution < -0.4 is 4.74 Å². The highest BCUT2D eigenvalue weighted by molar-refractivity contribution is 7.21. The van der Waals surface area contributed by atoms with Crippen LogP contribution in [0.1, 0.15) is 56.6 Å². The highest BCUT2D eigenvalue weighted by Crippen LogP contribution is 2.29. The smallest absolute Gasteiger partial charge is 0.124 e. The van der Waals surface area contributed by atoms with Gasteiger partial charge in [0, 0.05) is 16.7 Å². The molecule has 0 aliphatic carbocycles.